The molecule has 1 fully saturated rings. The number of hydrogen-bond acceptors (Lipinski definition) is 4. The minimum absolute atomic E-state index is 0.0187. The van der Waals surface area contributed by atoms with E-state index in [2.05, 4.69) is 4.98 Å². The molecule has 0 amide bonds. The zero-order chi connectivity index (χ0) is 14.3. The molecule has 19 heavy (non-hydrogen) atoms. The van der Waals surface area contributed by atoms with Crippen molar-refractivity contribution in [3.05, 3.63) is 27.6 Å². The predicted molar refractivity (Wildman–Crippen MR) is 70.9 cm³/mol. The molecule has 0 aliphatic carbocycles. The smallest absolute Gasteiger partial charge is 0.266 e. The van der Waals surface area contributed by atoms with E-state index < -0.39 is 21.2 Å². The van der Waals surface area contributed by atoms with Crippen molar-refractivity contribution in [2.75, 3.05) is 19.7 Å². The van der Waals surface area contributed by atoms with Gasteiger partial charge < -0.3 is 9.72 Å². The SMILES string of the molecule is CC1(C)CN(S(=O)(=O)c2c[nH]c(=O)c(Cl)c2)CCO1. The molecule has 6 nitrogen and oxygen atoms in total. The number of halogens is 1. The molecule has 0 bridgehead atoms. The molecule has 0 saturated carbocycles. The van der Waals surface area contributed by atoms with E-state index in [1.165, 1.54) is 4.31 Å². The van der Waals surface area contributed by atoms with Crippen molar-refractivity contribution in [1.82, 2.24) is 9.29 Å². The summed E-state index contributed by atoms with van der Waals surface area (Å²) in [5.41, 5.74) is -1.04. The fourth-order valence-corrected chi connectivity index (χ4v) is 3.72. The van der Waals surface area contributed by atoms with Gasteiger partial charge in [0, 0.05) is 19.3 Å². The Bertz CT molecular complexity index is 638. The average Bonchev–Trinajstić information content (AvgIpc) is 2.31. The van der Waals surface area contributed by atoms with E-state index in [-0.39, 0.29) is 23.0 Å². The molecule has 1 aromatic heterocycles. The minimum Gasteiger partial charge on any atom is -0.373 e. The van der Waals surface area contributed by atoms with Gasteiger partial charge in [0.25, 0.3) is 5.56 Å². The predicted octanol–water partition coefficient (Wildman–Crippen LogP) is 0.828. The molecule has 2 rings (SSSR count). The molecule has 2 heterocycles. The third kappa shape index (κ3) is 3.00. The summed E-state index contributed by atoms with van der Waals surface area (Å²) in [5.74, 6) is 0. The van der Waals surface area contributed by atoms with Crippen LogP contribution < -0.4 is 5.56 Å². The van der Waals surface area contributed by atoms with Gasteiger partial charge in [0.1, 0.15) is 5.02 Å². The largest absolute Gasteiger partial charge is 0.373 e. The Morgan fingerprint density at radius 3 is 2.74 bits per heavy atom. The standard InChI is InChI=1S/C11H15ClN2O4S/c1-11(2)7-14(3-4-18-11)19(16,17)8-5-9(12)10(15)13-6-8/h5-6H,3-4,7H2,1-2H3,(H,13,15). The van der Waals surface area contributed by atoms with E-state index in [1.54, 1.807) is 0 Å². The van der Waals surface area contributed by atoms with Crippen LogP contribution in [0.15, 0.2) is 22.0 Å². The molecule has 0 spiro atoms. The maximum absolute atomic E-state index is 12.4. The van der Waals surface area contributed by atoms with Gasteiger partial charge in [0.2, 0.25) is 10.0 Å². The highest BCUT2D eigenvalue weighted by Crippen LogP contribution is 2.23. The first-order valence-electron chi connectivity index (χ1n) is 5.75. The van der Waals surface area contributed by atoms with Crippen LogP contribution in [0.1, 0.15) is 13.8 Å². The van der Waals surface area contributed by atoms with Crippen molar-refractivity contribution in [2.24, 2.45) is 0 Å². The number of rotatable bonds is 2. The van der Waals surface area contributed by atoms with Crippen LogP contribution in [0.25, 0.3) is 0 Å². The molecule has 1 aliphatic rings. The Morgan fingerprint density at radius 2 is 2.16 bits per heavy atom. The molecular weight excluding hydrogens is 292 g/mol. The van der Waals surface area contributed by atoms with Gasteiger partial charge in [-0.2, -0.15) is 4.31 Å². The minimum atomic E-state index is -3.67. The van der Waals surface area contributed by atoms with Gasteiger partial charge >= 0.3 is 0 Å². The topological polar surface area (TPSA) is 79.5 Å². The van der Waals surface area contributed by atoms with Gasteiger partial charge in [-0.3, -0.25) is 4.79 Å². The molecule has 1 N–H and O–H groups in total. The molecule has 0 aromatic carbocycles. The fraction of sp³-hybridized carbons (Fsp3) is 0.545. The number of pyridine rings is 1. The third-order valence-electron chi connectivity index (χ3n) is 2.86. The molecule has 8 heteroatoms. The van der Waals surface area contributed by atoms with E-state index in [9.17, 15) is 13.2 Å². The maximum atomic E-state index is 12.4. The highest BCUT2D eigenvalue weighted by atomic mass is 35.5. The van der Waals surface area contributed by atoms with Crippen molar-refractivity contribution in [2.45, 2.75) is 24.3 Å². The number of ether oxygens (including phenoxy) is 1. The second-order valence-electron chi connectivity index (χ2n) is 4.96. The van der Waals surface area contributed by atoms with Crippen LogP contribution in [0.2, 0.25) is 5.02 Å². The zero-order valence-electron chi connectivity index (χ0n) is 10.6. The van der Waals surface area contributed by atoms with Crippen molar-refractivity contribution in [3.8, 4) is 0 Å². The van der Waals surface area contributed by atoms with E-state index in [0.717, 1.165) is 12.3 Å². The maximum Gasteiger partial charge on any atom is 0.266 e. The second-order valence-corrected chi connectivity index (χ2v) is 7.30. The van der Waals surface area contributed by atoms with Crippen molar-refractivity contribution in [1.29, 1.82) is 0 Å². The summed E-state index contributed by atoms with van der Waals surface area (Å²) in [4.78, 5) is 13.5. The highest BCUT2D eigenvalue weighted by molar-refractivity contribution is 7.89. The number of hydrogen-bond donors (Lipinski definition) is 1. The Balaban J connectivity index is 2.36. The van der Waals surface area contributed by atoms with Gasteiger partial charge in [-0.25, -0.2) is 8.42 Å². The molecule has 1 saturated heterocycles. The number of nitrogens with one attached hydrogen (secondary N) is 1. The van der Waals surface area contributed by atoms with Crippen LogP contribution in [-0.4, -0.2) is 43.0 Å². The van der Waals surface area contributed by atoms with E-state index >= 15 is 0 Å². The Morgan fingerprint density at radius 1 is 1.47 bits per heavy atom. The first-order chi connectivity index (χ1) is 8.72. The first-order valence-corrected chi connectivity index (χ1v) is 7.56. The lowest BCUT2D eigenvalue weighted by molar-refractivity contribution is -0.0640. The fourth-order valence-electron chi connectivity index (χ4n) is 1.91. The van der Waals surface area contributed by atoms with Gasteiger partial charge in [0.05, 0.1) is 17.1 Å². The highest BCUT2D eigenvalue weighted by Gasteiger charge is 2.35. The summed E-state index contributed by atoms with van der Waals surface area (Å²) >= 11 is 5.66. The quantitative estimate of drug-likeness (QED) is 0.877. The molecule has 1 aromatic rings. The summed E-state index contributed by atoms with van der Waals surface area (Å²) in [6.45, 7) is 4.53. The van der Waals surface area contributed by atoms with Crippen molar-refractivity contribution in [3.63, 3.8) is 0 Å². The van der Waals surface area contributed by atoms with Gasteiger partial charge in [-0.15, -0.1) is 0 Å². The molecule has 0 atom stereocenters. The monoisotopic (exact) mass is 306 g/mol. The van der Waals surface area contributed by atoms with Gasteiger partial charge in [-0.05, 0) is 19.9 Å². The summed E-state index contributed by atoms with van der Waals surface area (Å²) in [5, 5.41) is -0.145. The lowest BCUT2D eigenvalue weighted by Gasteiger charge is -2.37. The van der Waals surface area contributed by atoms with Crippen LogP contribution in [0, 0.1) is 0 Å². The van der Waals surface area contributed by atoms with Crippen LogP contribution in [0.3, 0.4) is 0 Å². The number of aromatic amines is 1. The summed E-state index contributed by atoms with van der Waals surface area (Å²) in [7, 11) is -3.67. The normalized spacial score (nSPS) is 20.4. The van der Waals surface area contributed by atoms with Crippen LogP contribution in [0.4, 0.5) is 0 Å². The molecule has 106 valence electrons. The van der Waals surface area contributed by atoms with Crippen LogP contribution in [0.5, 0.6) is 0 Å². The molecular formula is C11H15ClN2O4S. The van der Waals surface area contributed by atoms with E-state index in [4.69, 9.17) is 16.3 Å². The third-order valence-corrected chi connectivity index (χ3v) is 4.96. The lowest BCUT2D eigenvalue weighted by Crippen LogP contribution is -2.50. The van der Waals surface area contributed by atoms with Gasteiger partial charge in [-0.1, -0.05) is 11.6 Å². The summed E-state index contributed by atoms with van der Waals surface area (Å²) in [6.07, 6.45) is 1.16. The van der Waals surface area contributed by atoms with Crippen molar-refractivity contribution < 1.29 is 13.2 Å². The molecule has 1 aliphatic heterocycles. The number of sulfonamides is 1. The second kappa shape index (κ2) is 4.90. The number of H-pyrrole nitrogens is 1. The number of morpholine rings is 1. The average molecular weight is 307 g/mol. The van der Waals surface area contributed by atoms with Crippen molar-refractivity contribution >= 4 is 21.6 Å². The number of aromatic nitrogens is 1. The molecule has 0 radical (unpaired) electrons. The van der Waals surface area contributed by atoms with Gasteiger partial charge in [0.15, 0.2) is 0 Å². The first kappa shape index (κ1) is 14.5. The zero-order valence-corrected chi connectivity index (χ0v) is 12.2. The molecule has 0 unspecified atom stereocenters. The van der Waals surface area contributed by atoms with Crippen LogP contribution >= 0.6 is 11.6 Å². The number of nitrogens with zero attached hydrogens (tertiary/aromatic N) is 1. The lowest BCUT2D eigenvalue weighted by atomic mass is 10.1. The van der Waals surface area contributed by atoms with Crippen LogP contribution in [-0.2, 0) is 14.8 Å². The summed E-state index contributed by atoms with van der Waals surface area (Å²) in [6, 6.07) is 1.16. The Kier molecular flexibility index (Phi) is 3.74. The Labute approximate surface area is 116 Å². The van der Waals surface area contributed by atoms with E-state index in [0.29, 0.717) is 6.61 Å². The van der Waals surface area contributed by atoms with E-state index in [1.807, 2.05) is 13.8 Å². The summed E-state index contributed by atoms with van der Waals surface area (Å²) < 4.78 is 31.7. The Hall–Kier alpha value is -0.890.